The Balaban J connectivity index is 2.05. The van der Waals surface area contributed by atoms with Gasteiger partial charge in [0.15, 0.2) is 0 Å². The van der Waals surface area contributed by atoms with Gasteiger partial charge in [-0.2, -0.15) is 0 Å². The van der Waals surface area contributed by atoms with Crippen LogP contribution in [0.2, 0.25) is 0 Å². The molecule has 0 bridgehead atoms. The van der Waals surface area contributed by atoms with Crippen molar-refractivity contribution in [3.05, 3.63) is 34.8 Å². The third-order valence-electron chi connectivity index (χ3n) is 2.89. The predicted octanol–water partition coefficient (Wildman–Crippen LogP) is 2.88. The first-order chi connectivity index (χ1) is 11.0. The van der Waals surface area contributed by atoms with Crippen molar-refractivity contribution in [1.29, 1.82) is 0 Å². The molecule has 8 heteroatoms. The molecule has 122 valence electrons. The summed E-state index contributed by atoms with van der Waals surface area (Å²) >= 11 is 1.07. The van der Waals surface area contributed by atoms with E-state index in [2.05, 4.69) is 25.5 Å². The molecule has 0 unspecified atom stereocenters. The van der Waals surface area contributed by atoms with Gasteiger partial charge in [0, 0.05) is 17.4 Å². The molecule has 1 aromatic carbocycles. The van der Waals surface area contributed by atoms with Gasteiger partial charge < -0.3 is 16.0 Å². The van der Waals surface area contributed by atoms with E-state index < -0.39 is 0 Å². The molecule has 2 aromatic rings. The molecule has 0 radical (unpaired) electrons. The monoisotopic (exact) mass is 333 g/mol. The molecule has 0 aliphatic heterocycles. The molecular formula is C15H19N5O2S. The number of nitrogens with one attached hydrogen (secondary N) is 3. The van der Waals surface area contributed by atoms with Gasteiger partial charge in [-0.05, 0) is 50.0 Å². The van der Waals surface area contributed by atoms with Crippen LogP contribution in [0.5, 0.6) is 0 Å². The van der Waals surface area contributed by atoms with Gasteiger partial charge in [0.25, 0.3) is 5.91 Å². The maximum Gasteiger partial charge on any atom is 0.319 e. The number of aryl methyl sites for hydroxylation is 1. The fraction of sp³-hybridized carbons (Fsp3) is 0.333. The SMILES string of the molecule is CCc1nnsc1C(=O)Nc1cccc(NC(=O)NC(C)C)c1. The molecule has 3 amide bonds. The molecule has 0 saturated carbocycles. The largest absolute Gasteiger partial charge is 0.336 e. The third kappa shape index (κ3) is 4.75. The van der Waals surface area contributed by atoms with Gasteiger partial charge in [0.2, 0.25) is 0 Å². The first-order valence-electron chi connectivity index (χ1n) is 7.29. The van der Waals surface area contributed by atoms with Crippen molar-refractivity contribution in [2.24, 2.45) is 0 Å². The zero-order valence-electron chi connectivity index (χ0n) is 13.2. The Morgan fingerprint density at radius 1 is 1.22 bits per heavy atom. The summed E-state index contributed by atoms with van der Waals surface area (Å²) in [4.78, 5) is 24.5. The van der Waals surface area contributed by atoms with Gasteiger partial charge in [-0.1, -0.05) is 17.5 Å². The van der Waals surface area contributed by atoms with Gasteiger partial charge in [-0.3, -0.25) is 4.79 Å². The molecule has 0 fully saturated rings. The highest BCUT2D eigenvalue weighted by Gasteiger charge is 2.15. The summed E-state index contributed by atoms with van der Waals surface area (Å²) < 4.78 is 3.81. The van der Waals surface area contributed by atoms with E-state index in [0.29, 0.717) is 28.4 Å². The number of hydrogen-bond donors (Lipinski definition) is 3. The van der Waals surface area contributed by atoms with E-state index in [9.17, 15) is 9.59 Å². The van der Waals surface area contributed by atoms with Crippen LogP contribution in [-0.2, 0) is 6.42 Å². The average molecular weight is 333 g/mol. The lowest BCUT2D eigenvalue weighted by atomic mass is 10.2. The molecule has 1 heterocycles. The second-order valence-electron chi connectivity index (χ2n) is 5.19. The summed E-state index contributed by atoms with van der Waals surface area (Å²) in [6, 6.07) is 6.71. The lowest BCUT2D eigenvalue weighted by molar-refractivity contribution is 0.102. The number of amides is 3. The molecule has 1 aromatic heterocycles. The van der Waals surface area contributed by atoms with E-state index >= 15 is 0 Å². The van der Waals surface area contributed by atoms with Crippen LogP contribution < -0.4 is 16.0 Å². The number of aromatic nitrogens is 2. The van der Waals surface area contributed by atoms with Crippen molar-refractivity contribution in [2.45, 2.75) is 33.2 Å². The van der Waals surface area contributed by atoms with E-state index in [1.807, 2.05) is 20.8 Å². The highest BCUT2D eigenvalue weighted by Crippen LogP contribution is 2.18. The van der Waals surface area contributed by atoms with Crippen LogP contribution in [0.4, 0.5) is 16.2 Å². The number of rotatable bonds is 5. The first-order valence-corrected chi connectivity index (χ1v) is 8.07. The van der Waals surface area contributed by atoms with Crippen LogP contribution >= 0.6 is 11.5 Å². The summed E-state index contributed by atoms with van der Waals surface area (Å²) in [5.41, 5.74) is 1.87. The highest BCUT2D eigenvalue weighted by molar-refractivity contribution is 7.08. The quantitative estimate of drug-likeness (QED) is 0.784. The van der Waals surface area contributed by atoms with E-state index in [1.165, 1.54) is 0 Å². The van der Waals surface area contributed by atoms with E-state index in [1.54, 1.807) is 24.3 Å². The molecule has 7 nitrogen and oxygen atoms in total. The van der Waals surface area contributed by atoms with E-state index in [-0.39, 0.29) is 18.0 Å². The minimum Gasteiger partial charge on any atom is -0.336 e. The number of urea groups is 1. The number of anilines is 2. The Morgan fingerprint density at radius 2 is 1.91 bits per heavy atom. The lowest BCUT2D eigenvalue weighted by Gasteiger charge is -2.11. The van der Waals surface area contributed by atoms with E-state index in [0.717, 1.165) is 11.5 Å². The van der Waals surface area contributed by atoms with Crippen LogP contribution in [-0.4, -0.2) is 27.6 Å². The molecule has 0 spiro atoms. The highest BCUT2D eigenvalue weighted by atomic mass is 32.1. The van der Waals surface area contributed by atoms with Gasteiger partial charge >= 0.3 is 6.03 Å². The molecule has 0 aliphatic rings. The first kappa shape index (κ1) is 16.9. The standard InChI is InChI=1S/C15H19N5O2S/c1-4-12-13(23-20-19-12)14(21)17-10-6-5-7-11(8-10)18-15(22)16-9(2)3/h5-9H,4H2,1-3H3,(H,17,21)(H2,16,18,22). The van der Waals surface area contributed by atoms with Gasteiger partial charge in [0.1, 0.15) is 4.88 Å². The minimum atomic E-state index is -0.289. The van der Waals surface area contributed by atoms with Gasteiger partial charge in [-0.25, -0.2) is 4.79 Å². The second kappa shape index (κ2) is 7.68. The Kier molecular flexibility index (Phi) is 5.64. The normalized spacial score (nSPS) is 10.4. The summed E-state index contributed by atoms with van der Waals surface area (Å²) in [6.07, 6.45) is 0.649. The Morgan fingerprint density at radius 3 is 2.57 bits per heavy atom. The number of carbonyl (C=O) groups excluding carboxylic acids is 2. The predicted molar refractivity (Wildman–Crippen MR) is 91.0 cm³/mol. The zero-order chi connectivity index (χ0) is 16.8. The maximum atomic E-state index is 12.3. The average Bonchev–Trinajstić information content (AvgIpc) is 2.95. The van der Waals surface area contributed by atoms with Crippen molar-refractivity contribution in [3.63, 3.8) is 0 Å². The van der Waals surface area contributed by atoms with Gasteiger partial charge in [-0.15, -0.1) is 5.10 Å². The van der Waals surface area contributed by atoms with E-state index in [4.69, 9.17) is 0 Å². The third-order valence-corrected chi connectivity index (χ3v) is 3.66. The molecule has 0 aliphatic carbocycles. The van der Waals surface area contributed by atoms with Crippen LogP contribution in [0.25, 0.3) is 0 Å². The van der Waals surface area contributed by atoms with Crippen molar-refractivity contribution in [3.8, 4) is 0 Å². The summed E-state index contributed by atoms with van der Waals surface area (Å²) in [5, 5.41) is 12.2. The van der Waals surface area contributed by atoms with Crippen molar-refractivity contribution < 1.29 is 9.59 Å². The van der Waals surface area contributed by atoms with Crippen LogP contribution in [0.3, 0.4) is 0 Å². The molecule has 3 N–H and O–H groups in total. The summed E-state index contributed by atoms with van der Waals surface area (Å²) in [6.45, 7) is 5.68. The lowest BCUT2D eigenvalue weighted by Crippen LogP contribution is -2.34. The number of carbonyl (C=O) groups is 2. The summed E-state index contributed by atoms with van der Waals surface area (Å²) in [5.74, 6) is -0.249. The van der Waals surface area contributed by atoms with Crippen LogP contribution in [0.15, 0.2) is 24.3 Å². The number of benzene rings is 1. The molecule has 0 atom stereocenters. The fourth-order valence-corrected chi connectivity index (χ4v) is 2.55. The molecular weight excluding hydrogens is 314 g/mol. The van der Waals surface area contributed by atoms with Crippen molar-refractivity contribution in [1.82, 2.24) is 14.9 Å². The van der Waals surface area contributed by atoms with Crippen molar-refractivity contribution >= 4 is 34.8 Å². The zero-order valence-corrected chi connectivity index (χ0v) is 14.0. The van der Waals surface area contributed by atoms with Crippen molar-refractivity contribution in [2.75, 3.05) is 10.6 Å². The Hall–Kier alpha value is -2.48. The van der Waals surface area contributed by atoms with Crippen LogP contribution in [0.1, 0.15) is 36.1 Å². The minimum absolute atomic E-state index is 0.0455. The smallest absolute Gasteiger partial charge is 0.319 e. The molecule has 0 saturated heterocycles. The second-order valence-corrected chi connectivity index (χ2v) is 5.94. The van der Waals surface area contributed by atoms with Gasteiger partial charge in [0.05, 0.1) is 5.69 Å². The Labute approximate surface area is 138 Å². The number of hydrogen-bond acceptors (Lipinski definition) is 5. The molecule has 23 heavy (non-hydrogen) atoms. The summed E-state index contributed by atoms with van der Waals surface area (Å²) in [7, 11) is 0. The molecule has 2 rings (SSSR count). The maximum absolute atomic E-state index is 12.3. The number of nitrogens with zero attached hydrogens (tertiary/aromatic N) is 2. The van der Waals surface area contributed by atoms with Crippen LogP contribution in [0, 0.1) is 0 Å². The Bertz CT molecular complexity index is 699. The topological polar surface area (TPSA) is 96.0 Å². The fourth-order valence-electron chi connectivity index (χ4n) is 1.90.